The van der Waals surface area contributed by atoms with Gasteiger partial charge in [0.1, 0.15) is 0 Å². The third-order valence-corrected chi connectivity index (χ3v) is 2.95. The standard InChI is InChI=1S/C13H20N2O2/c1-3-13(2,7-9-16)15-12(17)10-11-6-4-5-8-14-11/h4-6,8,16H,3,7,9-10H2,1-2H3,(H,15,17). The third-order valence-electron chi connectivity index (χ3n) is 2.95. The van der Waals surface area contributed by atoms with Crippen molar-refractivity contribution in [3.05, 3.63) is 30.1 Å². The molecule has 0 saturated carbocycles. The number of carbonyl (C=O) groups is 1. The largest absolute Gasteiger partial charge is 0.396 e. The fraction of sp³-hybridized carbons (Fsp3) is 0.538. The van der Waals surface area contributed by atoms with Crippen molar-refractivity contribution in [3.63, 3.8) is 0 Å². The van der Waals surface area contributed by atoms with Gasteiger partial charge in [-0.15, -0.1) is 0 Å². The zero-order valence-corrected chi connectivity index (χ0v) is 10.4. The first-order valence-corrected chi connectivity index (χ1v) is 5.91. The van der Waals surface area contributed by atoms with Crippen LogP contribution in [0.3, 0.4) is 0 Å². The number of aliphatic hydroxyl groups is 1. The summed E-state index contributed by atoms with van der Waals surface area (Å²) in [6.45, 7) is 4.02. The van der Waals surface area contributed by atoms with Crippen molar-refractivity contribution < 1.29 is 9.90 Å². The molecule has 1 amide bonds. The van der Waals surface area contributed by atoms with E-state index in [4.69, 9.17) is 5.11 Å². The fourth-order valence-electron chi connectivity index (χ4n) is 1.62. The predicted molar refractivity (Wildman–Crippen MR) is 66.5 cm³/mol. The van der Waals surface area contributed by atoms with Crippen LogP contribution in [0.4, 0.5) is 0 Å². The minimum absolute atomic E-state index is 0.0542. The molecule has 0 fully saturated rings. The normalized spacial score (nSPS) is 14.1. The molecule has 1 aromatic heterocycles. The molecule has 0 aliphatic rings. The van der Waals surface area contributed by atoms with Gasteiger partial charge in [-0.3, -0.25) is 9.78 Å². The maximum atomic E-state index is 11.8. The molecule has 0 aromatic carbocycles. The average molecular weight is 236 g/mol. The molecule has 0 spiro atoms. The molecular formula is C13H20N2O2. The van der Waals surface area contributed by atoms with Crippen LogP contribution >= 0.6 is 0 Å². The van der Waals surface area contributed by atoms with Crippen LogP contribution in [-0.2, 0) is 11.2 Å². The van der Waals surface area contributed by atoms with Gasteiger partial charge in [0.15, 0.2) is 0 Å². The van der Waals surface area contributed by atoms with Crippen LogP contribution in [0.1, 0.15) is 32.4 Å². The Balaban J connectivity index is 2.54. The number of aromatic nitrogens is 1. The number of rotatable bonds is 6. The van der Waals surface area contributed by atoms with Crippen molar-refractivity contribution >= 4 is 5.91 Å². The Labute approximate surface area is 102 Å². The van der Waals surface area contributed by atoms with Gasteiger partial charge in [0.2, 0.25) is 5.91 Å². The summed E-state index contributed by atoms with van der Waals surface area (Å²) in [7, 11) is 0. The van der Waals surface area contributed by atoms with E-state index in [1.807, 2.05) is 32.0 Å². The van der Waals surface area contributed by atoms with E-state index in [9.17, 15) is 4.79 Å². The molecule has 0 bridgehead atoms. The number of pyridine rings is 1. The molecule has 94 valence electrons. The molecule has 2 N–H and O–H groups in total. The molecule has 1 heterocycles. The van der Waals surface area contributed by atoms with Gasteiger partial charge in [-0.1, -0.05) is 13.0 Å². The molecule has 0 saturated heterocycles. The highest BCUT2D eigenvalue weighted by Gasteiger charge is 2.23. The maximum Gasteiger partial charge on any atom is 0.226 e. The van der Waals surface area contributed by atoms with Gasteiger partial charge in [-0.05, 0) is 31.9 Å². The van der Waals surface area contributed by atoms with Crippen LogP contribution in [-0.4, -0.2) is 28.1 Å². The second-order valence-corrected chi connectivity index (χ2v) is 4.43. The highest BCUT2D eigenvalue weighted by atomic mass is 16.3. The topological polar surface area (TPSA) is 62.2 Å². The number of aliphatic hydroxyl groups excluding tert-OH is 1. The lowest BCUT2D eigenvalue weighted by Crippen LogP contribution is -2.46. The van der Waals surface area contributed by atoms with Crippen molar-refractivity contribution in [2.24, 2.45) is 0 Å². The lowest BCUT2D eigenvalue weighted by atomic mass is 9.94. The zero-order chi connectivity index (χ0) is 12.7. The molecule has 1 unspecified atom stereocenters. The van der Waals surface area contributed by atoms with Crippen LogP contribution < -0.4 is 5.32 Å². The lowest BCUT2D eigenvalue weighted by Gasteiger charge is -2.28. The number of amides is 1. The summed E-state index contributed by atoms with van der Waals surface area (Å²) in [6.07, 6.45) is 3.32. The van der Waals surface area contributed by atoms with Crippen molar-refractivity contribution in [2.75, 3.05) is 6.61 Å². The first kappa shape index (κ1) is 13.6. The Morgan fingerprint density at radius 2 is 2.29 bits per heavy atom. The highest BCUT2D eigenvalue weighted by molar-refractivity contribution is 5.78. The van der Waals surface area contributed by atoms with Gasteiger partial charge >= 0.3 is 0 Å². The zero-order valence-electron chi connectivity index (χ0n) is 10.4. The summed E-state index contributed by atoms with van der Waals surface area (Å²) in [6, 6.07) is 5.51. The first-order valence-electron chi connectivity index (χ1n) is 5.91. The second-order valence-electron chi connectivity index (χ2n) is 4.43. The Morgan fingerprint density at radius 1 is 1.53 bits per heavy atom. The second kappa shape index (κ2) is 6.35. The first-order chi connectivity index (χ1) is 8.09. The predicted octanol–water partition coefficient (Wildman–Crippen LogP) is 1.29. The Bertz CT molecular complexity index is 354. The molecule has 1 aromatic rings. The number of nitrogens with one attached hydrogen (secondary N) is 1. The summed E-state index contributed by atoms with van der Waals surface area (Å²) in [5.74, 6) is -0.0542. The van der Waals surface area contributed by atoms with Crippen molar-refractivity contribution in [1.29, 1.82) is 0 Å². The Kier molecular flexibility index (Phi) is 5.10. The van der Waals surface area contributed by atoms with Crippen LogP contribution in [0.15, 0.2) is 24.4 Å². The molecule has 0 aliphatic heterocycles. The Morgan fingerprint density at radius 3 is 2.82 bits per heavy atom. The van der Waals surface area contributed by atoms with Crippen LogP contribution in [0.2, 0.25) is 0 Å². The van der Waals surface area contributed by atoms with E-state index in [2.05, 4.69) is 10.3 Å². The van der Waals surface area contributed by atoms with Gasteiger partial charge in [0, 0.05) is 24.0 Å². The van der Waals surface area contributed by atoms with Gasteiger partial charge in [-0.2, -0.15) is 0 Å². The van der Waals surface area contributed by atoms with Crippen LogP contribution in [0.5, 0.6) is 0 Å². The van der Waals surface area contributed by atoms with E-state index in [-0.39, 0.29) is 24.5 Å². The quantitative estimate of drug-likeness (QED) is 0.782. The maximum absolute atomic E-state index is 11.8. The minimum Gasteiger partial charge on any atom is -0.396 e. The summed E-state index contributed by atoms with van der Waals surface area (Å²) >= 11 is 0. The van der Waals surface area contributed by atoms with Crippen LogP contribution in [0.25, 0.3) is 0 Å². The molecule has 1 atom stereocenters. The lowest BCUT2D eigenvalue weighted by molar-refractivity contribution is -0.122. The highest BCUT2D eigenvalue weighted by Crippen LogP contribution is 2.13. The Hall–Kier alpha value is -1.42. The molecule has 1 rings (SSSR count). The number of nitrogens with zero attached hydrogens (tertiary/aromatic N) is 1. The van der Waals surface area contributed by atoms with Crippen LogP contribution in [0, 0.1) is 0 Å². The smallest absolute Gasteiger partial charge is 0.226 e. The summed E-state index contributed by atoms with van der Waals surface area (Å²) in [4.78, 5) is 15.9. The molecule has 0 aliphatic carbocycles. The number of hydrogen-bond acceptors (Lipinski definition) is 3. The minimum atomic E-state index is -0.333. The average Bonchev–Trinajstić information content (AvgIpc) is 2.30. The number of hydrogen-bond donors (Lipinski definition) is 2. The van der Waals surface area contributed by atoms with Crippen molar-refractivity contribution in [2.45, 2.75) is 38.6 Å². The molecule has 4 nitrogen and oxygen atoms in total. The summed E-state index contributed by atoms with van der Waals surface area (Å²) < 4.78 is 0. The summed E-state index contributed by atoms with van der Waals surface area (Å²) in [5.41, 5.74) is 0.424. The SMILES string of the molecule is CCC(C)(CCO)NC(=O)Cc1ccccn1. The molecular weight excluding hydrogens is 216 g/mol. The van der Waals surface area contributed by atoms with Gasteiger partial charge in [0.05, 0.1) is 6.42 Å². The van der Waals surface area contributed by atoms with E-state index in [1.165, 1.54) is 0 Å². The van der Waals surface area contributed by atoms with Gasteiger partial charge in [-0.25, -0.2) is 0 Å². The van der Waals surface area contributed by atoms with Gasteiger partial charge < -0.3 is 10.4 Å². The van der Waals surface area contributed by atoms with E-state index in [0.29, 0.717) is 6.42 Å². The van der Waals surface area contributed by atoms with Crippen molar-refractivity contribution in [3.8, 4) is 0 Å². The van der Waals surface area contributed by atoms with E-state index < -0.39 is 0 Å². The fourth-order valence-corrected chi connectivity index (χ4v) is 1.62. The third kappa shape index (κ3) is 4.53. The van der Waals surface area contributed by atoms with Crippen molar-refractivity contribution in [1.82, 2.24) is 10.3 Å². The van der Waals surface area contributed by atoms with E-state index in [1.54, 1.807) is 6.20 Å². The molecule has 4 heteroatoms. The molecule has 17 heavy (non-hydrogen) atoms. The monoisotopic (exact) mass is 236 g/mol. The number of carbonyl (C=O) groups excluding carboxylic acids is 1. The van der Waals surface area contributed by atoms with E-state index in [0.717, 1.165) is 12.1 Å². The van der Waals surface area contributed by atoms with Gasteiger partial charge in [0.25, 0.3) is 0 Å². The summed E-state index contributed by atoms with van der Waals surface area (Å²) in [5, 5.41) is 11.9. The van der Waals surface area contributed by atoms with E-state index >= 15 is 0 Å². The molecule has 0 radical (unpaired) electrons.